The van der Waals surface area contributed by atoms with Crippen LogP contribution >= 0.6 is 11.6 Å². The average Bonchev–Trinajstić information content (AvgIpc) is 2.54. The van der Waals surface area contributed by atoms with E-state index in [-0.39, 0.29) is 5.97 Å². The highest BCUT2D eigenvalue weighted by atomic mass is 35.5. The fraction of sp³-hybridized carbons (Fsp3) is 0.214. The molecule has 1 heterocycles. The molecule has 0 fully saturated rings. The SMILES string of the molecule is C=C(C)Cn1cc(OC(C)=O)c2cc(Cl)ccc21. The van der Waals surface area contributed by atoms with Crippen LogP contribution in [-0.2, 0) is 11.3 Å². The molecular weight excluding hydrogens is 250 g/mol. The monoisotopic (exact) mass is 263 g/mol. The molecule has 1 aromatic heterocycles. The fourth-order valence-corrected chi connectivity index (χ4v) is 2.07. The van der Waals surface area contributed by atoms with Crippen LogP contribution in [0.2, 0.25) is 5.02 Å². The van der Waals surface area contributed by atoms with Crippen molar-refractivity contribution in [2.75, 3.05) is 0 Å². The number of esters is 1. The Morgan fingerprint density at radius 1 is 1.44 bits per heavy atom. The van der Waals surface area contributed by atoms with Crippen LogP contribution < -0.4 is 4.74 Å². The van der Waals surface area contributed by atoms with Gasteiger partial charge in [0.2, 0.25) is 0 Å². The lowest BCUT2D eigenvalue weighted by atomic mass is 10.2. The maximum absolute atomic E-state index is 11.1. The highest BCUT2D eigenvalue weighted by Crippen LogP contribution is 2.31. The standard InChI is InChI=1S/C14H14ClNO2/c1-9(2)7-16-8-14(18-10(3)17)12-6-11(15)4-5-13(12)16/h4-6,8H,1,7H2,2-3H3. The first-order valence-electron chi connectivity index (χ1n) is 5.58. The van der Waals surface area contributed by atoms with E-state index in [1.165, 1.54) is 6.92 Å². The second-order valence-electron chi connectivity index (χ2n) is 4.33. The Bertz CT molecular complexity index is 628. The molecule has 0 saturated carbocycles. The van der Waals surface area contributed by atoms with Gasteiger partial charge in [-0.1, -0.05) is 23.8 Å². The molecular formula is C14H14ClNO2. The summed E-state index contributed by atoms with van der Waals surface area (Å²) in [6, 6.07) is 5.52. The number of fused-ring (bicyclic) bond motifs is 1. The summed E-state index contributed by atoms with van der Waals surface area (Å²) in [5.41, 5.74) is 2.00. The second kappa shape index (κ2) is 4.86. The lowest BCUT2D eigenvalue weighted by Gasteiger charge is -2.03. The minimum atomic E-state index is -0.343. The predicted octanol–water partition coefficient (Wildman–Crippen LogP) is 3.80. The summed E-state index contributed by atoms with van der Waals surface area (Å²) in [4.78, 5) is 11.1. The number of carbonyl (C=O) groups excluding carboxylic acids is 1. The number of ether oxygens (including phenoxy) is 1. The van der Waals surface area contributed by atoms with Gasteiger partial charge < -0.3 is 9.30 Å². The molecule has 0 amide bonds. The van der Waals surface area contributed by atoms with E-state index >= 15 is 0 Å². The Labute approximate surface area is 111 Å². The molecule has 0 radical (unpaired) electrons. The summed E-state index contributed by atoms with van der Waals surface area (Å²) >= 11 is 5.97. The zero-order valence-electron chi connectivity index (χ0n) is 10.4. The van der Waals surface area contributed by atoms with Crippen LogP contribution in [0.15, 0.2) is 36.5 Å². The highest BCUT2D eigenvalue weighted by molar-refractivity contribution is 6.31. The van der Waals surface area contributed by atoms with Gasteiger partial charge in [0.25, 0.3) is 0 Å². The van der Waals surface area contributed by atoms with E-state index in [2.05, 4.69) is 6.58 Å². The Morgan fingerprint density at radius 2 is 2.17 bits per heavy atom. The molecule has 0 aliphatic carbocycles. The highest BCUT2D eigenvalue weighted by Gasteiger charge is 2.11. The van der Waals surface area contributed by atoms with Gasteiger partial charge >= 0.3 is 5.97 Å². The smallest absolute Gasteiger partial charge is 0.308 e. The molecule has 0 aliphatic heterocycles. The van der Waals surface area contributed by atoms with Crippen molar-refractivity contribution in [2.45, 2.75) is 20.4 Å². The first kappa shape index (κ1) is 12.7. The van der Waals surface area contributed by atoms with Crippen molar-refractivity contribution in [3.8, 4) is 5.75 Å². The summed E-state index contributed by atoms with van der Waals surface area (Å²) in [7, 11) is 0. The van der Waals surface area contributed by atoms with E-state index in [1.807, 2.05) is 23.6 Å². The Kier molecular flexibility index (Phi) is 3.43. The van der Waals surface area contributed by atoms with Crippen LogP contribution in [-0.4, -0.2) is 10.5 Å². The van der Waals surface area contributed by atoms with Gasteiger partial charge in [-0.05, 0) is 25.1 Å². The third kappa shape index (κ3) is 2.57. The lowest BCUT2D eigenvalue weighted by molar-refractivity contribution is -0.131. The molecule has 1 aromatic carbocycles. The van der Waals surface area contributed by atoms with Gasteiger partial charge in [0, 0.05) is 30.1 Å². The van der Waals surface area contributed by atoms with Crippen molar-refractivity contribution >= 4 is 28.5 Å². The zero-order valence-corrected chi connectivity index (χ0v) is 11.1. The van der Waals surface area contributed by atoms with Crippen LogP contribution in [0.3, 0.4) is 0 Å². The molecule has 4 heteroatoms. The first-order valence-corrected chi connectivity index (χ1v) is 5.96. The maximum Gasteiger partial charge on any atom is 0.308 e. The van der Waals surface area contributed by atoms with Gasteiger partial charge in [-0.25, -0.2) is 0 Å². The molecule has 0 atom stereocenters. The second-order valence-corrected chi connectivity index (χ2v) is 4.77. The Hall–Kier alpha value is -1.74. The van der Waals surface area contributed by atoms with E-state index in [1.54, 1.807) is 12.3 Å². The molecule has 18 heavy (non-hydrogen) atoms. The lowest BCUT2D eigenvalue weighted by Crippen LogP contribution is -2.01. The number of carbonyl (C=O) groups is 1. The normalized spacial score (nSPS) is 10.6. The fourth-order valence-electron chi connectivity index (χ4n) is 1.89. The topological polar surface area (TPSA) is 31.2 Å². The molecule has 0 spiro atoms. The molecule has 3 nitrogen and oxygen atoms in total. The quantitative estimate of drug-likeness (QED) is 0.623. The van der Waals surface area contributed by atoms with Crippen molar-refractivity contribution in [2.24, 2.45) is 0 Å². The molecule has 0 unspecified atom stereocenters. The number of allylic oxidation sites excluding steroid dienone is 1. The molecule has 94 valence electrons. The van der Waals surface area contributed by atoms with Crippen molar-refractivity contribution in [3.63, 3.8) is 0 Å². The van der Waals surface area contributed by atoms with E-state index in [9.17, 15) is 4.79 Å². The van der Waals surface area contributed by atoms with E-state index in [4.69, 9.17) is 16.3 Å². The number of rotatable bonds is 3. The molecule has 2 rings (SSSR count). The molecule has 0 N–H and O–H groups in total. The molecule has 0 bridgehead atoms. The minimum absolute atomic E-state index is 0.343. The maximum atomic E-state index is 11.1. The van der Waals surface area contributed by atoms with Gasteiger partial charge in [0.05, 0.1) is 5.52 Å². The molecule has 2 aromatic rings. The number of aromatic nitrogens is 1. The number of nitrogens with zero attached hydrogens (tertiary/aromatic N) is 1. The van der Waals surface area contributed by atoms with Crippen molar-refractivity contribution in [1.82, 2.24) is 4.57 Å². The van der Waals surface area contributed by atoms with Crippen LogP contribution in [0.1, 0.15) is 13.8 Å². The van der Waals surface area contributed by atoms with Crippen LogP contribution in [0.4, 0.5) is 0 Å². The van der Waals surface area contributed by atoms with E-state index in [0.717, 1.165) is 16.5 Å². The van der Waals surface area contributed by atoms with E-state index < -0.39 is 0 Å². The van der Waals surface area contributed by atoms with Crippen molar-refractivity contribution in [3.05, 3.63) is 41.6 Å². The number of halogens is 1. The van der Waals surface area contributed by atoms with Crippen molar-refractivity contribution in [1.29, 1.82) is 0 Å². The van der Waals surface area contributed by atoms with E-state index in [0.29, 0.717) is 17.3 Å². The van der Waals surface area contributed by atoms with Crippen LogP contribution in [0, 0.1) is 0 Å². The third-order valence-electron chi connectivity index (χ3n) is 2.50. The van der Waals surface area contributed by atoms with Crippen molar-refractivity contribution < 1.29 is 9.53 Å². The summed E-state index contributed by atoms with van der Waals surface area (Å²) in [5.74, 6) is 0.186. The predicted molar refractivity (Wildman–Crippen MR) is 73.1 cm³/mol. The summed E-state index contributed by atoms with van der Waals surface area (Å²) in [6.45, 7) is 7.90. The van der Waals surface area contributed by atoms with Gasteiger partial charge in [-0.15, -0.1) is 0 Å². The first-order chi connectivity index (χ1) is 8.47. The summed E-state index contributed by atoms with van der Waals surface area (Å²) < 4.78 is 7.19. The largest absolute Gasteiger partial charge is 0.424 e. The van der Waals surface area contributed by atoms with Gasteiger partial charge in [0.15, 0.2) is 5.75 Å². The average molecular weight is 264 g/mol. The zero-order chi connectivity index (χ0) is 13.3. The molecule has 0 aliphatic rings. The summed E-state index contributed by atoms with van der Waals surface area (Å²) in [5, 5.41) is 1.45. The third-order valence-corrected chi connectivity index (χ3v) is 2.74. The summed E-state index contributed by atoms with van der Waals surface area (Å²) in [6.07, 6.45) is 1.80. The van der Waals surface area contributed by atoms with Crippen LogP contribution in [0.25, 0.3) is 10.9 Å². The minimum Gasteiger partial charge on any atom is -0.424 e. The number of hydrogen-bond donors (Lipinski definition) is 0. The number of hydrogen-bond acceptors (Lipinski definition) is 2. The Morgan fingerprint density at radius 3 is 2.78 bits per heavy atom. The molecule has 0 saturated heterocycles. The van der Waals surface area contributed by atoms with Gasteiger partial charge in [-0.3, -0.25) is 4.79 Å². The van der Waals surface area contributed by atoms with Crippen LogP contribution in [0.5, 0.6) is 5.75 Å². The Balaban J connectivity index is 2.59. The van der Waals surface area contributed by atoms with Gasteiger partial charge in [0.1, 0.15) is 0 Å². The number of benzene rings is 1. The van der Waals surface area contributed by atoms with Gasteiger partial charge in [-0.2, -0.15) is 0 Å².